The summed E-state index contributed by atoms with van der Waals surface area (Å²) in [5.74, 6) is -3.06. The molecule has 0 saturated heterocycles. The minimum absolute atomic E-state index is 0.0405. The first-order valence-corrected chi connectivity index (χ1v) is 6.65. The summed E-state index contributed by atoms with van der Waals surface area (Å²) in [6.07, 6.45) is 2.49. The van der Waals surface area contributed by atoms with E-state index in [-0.39, 0.29) is 29.0 Å². The third-order valence-corrected chi connectivity index (χ3v) is 3.20. The van der Waals surface area contributed by atoms with E-state index in [4.69, 9.17) is 9.26 Å². The van der Waals surface area contributed by atoms with Crippen LogP contribution in [0.25, 0.3) is 16.8 Å². The number of pyridine rings is 1. The summed E-state index contributed by atoms with van der Waals surface area (Å²) in [5.41, 5.74) is -1.03. The Labute approximate surface area is 127 Å². The van der Waals surface area contributed by atoms with Crippen LogP contribution in [0.1, 0.15) is 17.3 Å². The van der Waals surface area contributed by atoms with Crippen LogP contribution in [0.15, 0.2) is 39.9 Å². The molecule has 8 heteroatoms. The summed E-state index contributed by atoms with van der Waals surface area (Å²) in [5, 5.41) is 3.35. The number of ether oxygens (including phenoxy) is 1. The summed E-state index contributed by atoms with van der Waals surface area (Å²) >= 11 is 0. The fraction of sp³-hybridized carbons (Fsp3) is 0.133. The van der Waals surface area contributed by atoms with Gasteiger partial charge in [-0.05, 0) is 13.0 Å². The van der Waals surface area contributed by atoms with E-state index in [0.29, 0.717) is 0 Å². The molecule has 23 heavy (non-hydrogen) atoms. The molecule has 2 heterocycles. The number of esters is 1. The first kappa shape index (κ1) is 14.9. The predicted molar refractivity (Wildman–Crippen MR) is 75.5 cm³/mol. The fourth-order valence-electron chi connectivity index (χ4n) is 2.19. The molecule has 1 aromatic carbocycles. The van der Waals surface area contributed by atoms with Crippen molar-refractivity contribution in [3.63, 3.8) is 0 Å². The minimum Gasteiger partial charge on any atom is -0.462 e. The molecule has 0 bridgehead atoms. The Hall–Kier alpha value is -3.03. The molecule has 0 radical (unpaired) electrons. The molecule has 118 valence electrons. The first-order valence-electron chi connectivity index (χ1n) is 6.65. The number of carbonyl (C=O) groups is 1. The van der Waals surface area contributed by atoms with Crippen molar-refractivity contribution in [2.75, 3.05) is 6.61 Å². The average Bonchev–Trinajstić information content (AvgIpc) is 3.04. The van der Waals surface area contributed by atoms with E-state index in [2.05, 4.69) is 5.16 Å². The molecule has 0 aliphatic heterocycles. The lowest BCUT2D eigenvalue weighted by molar-refractivity contribution is 0.0524. The number of carbonyl (C=O) groups excluding carboxylic acids is 1. The van der Waals surface area contributed by atoms with Crippen LogP contribution in [0.2, 0.25) is 0 Å². The molecule has 0 saturated carbocycles. The first-order chi connectivity index (χ1) is 11.0. The van der Waals surface area contributed by atoms with Crippen molar-refractivity contribution >= 4 is 16.9 Å². The molecule has 0 atom stereocenters. The smallest absolute Gasteiger partial charge is 0.343 e. The van der Waals surface area contributed by atoms with Gasteiger partial charge in [0.15, 0.2) is 11.6 Å². The average molecular weight is 320 g/mol. The van der Waals surface area contributed by atoms with Crippen LogP contribution < -0.4 is 5.43 Å². The Morgan fingerprint density at radius 2 is 2.09 bits per heavy atom. The highest BCUT2D eigenvalue weighted by Gasteiger charge is 2.20. The monoisotopic (exact) mass is 320 g/mol. The second-order valence-corrected chi connectivity index (χ2v) is 4.60. The van der Waals surface area contributed by atoms with Gasteiger partial charge in [0.05, 0.1) is 23.7 Å². The topological polar surface area (TPSA) is 74.3 Å². The molecule has 0 aliphatic rings. The zero-order valence-corrected chi connectivity index (χ0v) is 11.9. The van der Waals surface area contributed by atoms with Gasteiger partial charge in [0, 0.05) is 18.3 Å². The van der Waals surface area contributed by atoms with Crippen LogP contribution in [0, 0.1) is 11.6 Å². The molecule has 0 aliphatic carbocycles. The van der Waals surface area contributed by atoms with Crippen molar-refractivity contribution in [2.24, 2.45) is 0 Å². The molecule has 3 rings (SSSR count). The Balaban J connectivity index is 2.40. The summed E-state index contributed by atoms with van der Waals surface area (Å²) in [7, 11) is 0. The van der Waals surface area contributed by atoms with E-state index >= 15 is 0 Å². The number of hydrogen-bond acceptors (Lipinski definition) is 5. The highest BCUT2D eigenvalue weighted by atomic mass is 19.2. The van der Waals surface area contributed by atoms with Gasteiger partial charge in [0.2, 0.25) is 11.3 Å². The molecule has 0 unspecified atom stereocenters. The lowest BCUT2D eigenvalue weighted by Gasteiger charge is -2.10. The molecule has 6 nitrogen and oxygen atoms in total. The standard InChI is InChI=1S/C15H10F2N2O4/c1-2-22-15(21)9-7-19(13-3-4-18-23-13)12-6-11(17)10(16)5-8(12)14(9)20/h3-7H,2H2,1H3. The highest BCUT2D eigenvalue weighted by Crippen LogP contribution is 2.20. The third-order valence-electron chi connectivity index (χ3n) is 3.20. The third kappa shape index (κ3) is 2.48. The Bertz CT molecular complexity index is 948. The molecule has 3 aromatic rings. The molecular weight excluding hydrogens is 310 g/mol. The van der Waals surface area contributed by atoms with Crippen molar-refractivity contribution in [3.8, 4) is 5.88 Å². The van der Waals surface area contributed by atoms with Gasteiger partial charge < -0.3 is 9.26 Å². The quantitative estimate of drug-likeness (QED) is 0.693. The maximum atomic E-state index is 13.6. The molecule has 0 N–H and O–H groups in total. The predicted octanol–water partition coefficient (Wildman–Crippen LogP) is 2.43. The summed E-state index contributed by atoms with van der Waals surface area (Å²) in [6.45, 7) is 1.65. The normalized spacial score (nSPS) is 10.9. The molecule has 2 aromatic heterocycles. The van der Waals surface area contributed by atoms with E-state index in [0.717, 1.165) is 18.3 Å². The SMILES string of the molecule is CCOC(=O)c1cn(-c2ccno2)c2cc(F)c(F)cc2c1=O. The van der Waals surface area contributed by atoms with Gasteiger partial charge in [-0.1, -0.05) is 5.16 Å². The van der Waals surface area contributed by atoms with Crippen LogP contribution >= 0.6 is 0 Å². The van der Waals surface area contributed by atoms with E-state index < -0.39 is 23.0 Å². The van der Waals surface area contributed by atoms with E-state index in [1.165, 1.54) is 16.8 Å². The van der Waals surface area contributed by atoms with E-state index in [1.54, 1.807) is 6.92 Å². The second-order valence-electron chi connectivity index (χ2n) is 4.60. The van der Waals surface area contributed by atoms with Gasteiger partial charge in [-0.15, -0.1) is 0 Å². The second kappa shape index (κ2) is 5.64. The van der Waals surface area contributed by atoms with Crippen LogP contribution in [0.4, 0.5) is 8.78 Å². The van der Waals surface area contributed by atoms with Crippen molar-refractivity contribution in [1.29, 1.82) is 0 Å². The van der Waals surface area contributed by atoms with Crippen molar-refractivity contribution < 1.29 is 22.8 Å². The maximum Gasteiger partial charge on any atom is 0.343 e. The molecule has 0 amide bonds. The van der Waals surface area contributed by atoms with Crippen molar-refractivity contribution in [1.82, 2.24) is 9.72 Å². The van der Waals surface area contributed by atoms with Gasteiger partial charge in [-0.3, -0.25) is 9.36 Å². The number of benzene rings is 1. The zero-order valence-electron chi connectivity index (χ0n) is 11.9. The van der Waals surface area contributed by atoms with Gasteiger partial charge in [0.25, 0.3) is 0 Å². The van der Waals surface area contributed by atoms with Gasteiger partial charge in [-0.25, -0.2) is 13.6 Å². The Kier molecular flexibility index (Phi) is 3.65. The number of aromatic nitrogens is 2. The highest BCUT2D eigenvalue weighted by molar-refractivity contribution is 5.94. The summed E-state index contributed by atoms with van der Waals surface area (Å²) in [6, 6.07) is 3.03. The Morgan fingerprint density at radius 1 is 1.35 bits per heavy atom. The van der Waals surface area contributed by atoms with E-state index in [1.807, 2.05) is 0 Å². The van der Waals surface area contributed by atoms with Crippen LogP contribution in [-0.4, -0.2) is 22.3 Å². The van der Waals surface area contributed by atoms with Gasteiger partial charge in [0.1, 0.15) is 5.56 Å². The number of hydrogen-bond donors (Lipinski definition) is 0. The van der Waals surface area contributed by atoms with Gasteiger partial charge >= 0.3 is 5.97 Å². The van der Waals surface area contributed by atoms with Crippen LogP contribution in [-0.2, 0) is 4.74 Å². The van der Waals surface area contributed by atoms with Crippen molar-refractivity contribution in [3.05, 3.63) is 58.0 Å². The van der Waals surface area contributed by atoms with Gasteiger partial charge in [-0.2, -0.15) is 0 Å². The zero-order chi connectivity index (χ0) is 16.6. The summed E-state index contributed by atoms with van der Waals surface area (Å²) < 4.78 is 38.1. The number of fused-ring (bicyclic) bond motifs is 1. The molecular formula is C15H10F2N2O4. The lowest BCUT2D eigenvalue weighted by atomic mass is 10.1. The minimum atomic E-state index is -1.19. The van der Waals surface area contributed by atoms with E-state index in [9.17, 15) is 18.4 Å². The Morgan fingerprint density at radius 3 is 2.74 bits per heavy atom. The number of rotatable bonds is 3. The maximum absolute atomic E-state index is 13.6. The molecule has 0 fully saturated rings. The van der Waals surface area contributed by atoms with Crippen LogP contribution in [0.3, 0.4) is 0 Å². The number of halogens is 2. The fourth-order valence-corrected chi connectivity index (χ4v) is 2.19. The largest absolute Gasteiger partial charge is 0.462 e. The number of nitrogens with zero attached hydrogens (tertiary/aromatic N) is 2. The summed E-state index contributed by atoms with van der Waals surface area (Å²) in [4.78, 5) is 24.3. The van der Waals surface area contributed by atoms with Crippen LogP contribution in [0.5, 0.6) is 0 Å². The van der Waals surface area contributed by atoms with Crippen molar-refractivity contribution in [2.45, 2.75) is 6.92 Å². The lowest BCUT2D eigenvalue weighted by Crippen LogP contribution is -2.20. The molecule has 0 spiro atoms.